The molecule has 0 spiro atoms. The molecule has 1 unspecified atom stereocenters. The lowest BCUT2D eigenvalue weighted by Gasteiger charge is -2.12. The lowest BCUT2D eigenvalue weighted by Crippen LogP contribution is -2.26. The van der Waals surface area contributed by atoms with Crippen LogP contribution in [0, 0.1) is 6.92 Å². The Kier molecular flexibility index (Phi) is 6.87. The highest BCUT2D eigenvalue weighted by atomic mass is 19.4. The van der Waals surface area contributed by atoms with Gasteiger partial charge in [-0.05, 0) is 68.4 Å². The maximum atomic E-state index is 12.8. The second-order valence-electron chi connectivity index (χ2n) is 7.08. The van der Waals surface area contributed by atoms with Crippen LogP contribution in [0.5, 0.6) is 5.75 Å². The number of amides is 2. The SMILES string of the molecule is Cc1ccc(C(C)NC(=O)c2ccc(OCC(=O)Nc3cccc(C(F)(F)F)c3)cc2)o1. The first-order chi connectivity index (χ1) is 15.1. The van der Waals surface area contributed by atoms with Crippen LogP contribution >= 0.6 is 0 Å². The second-order valence-corrected chi connectivity index (χ2v) is 7.08. The molecule has 1 aromatic heterocycles. The largest absolute Gasteiger partial charge is 0.484 e. The van der Waals surface area contributed by atoms with E-state index in [1.165, 1.54) is 36.4 Å². The van der Waals surface area contributed by atoms with Gasteiger partial charge in [0.05, 0.1) is 11.6 Å². The van der Waals surface area contributed by atoms with Crippen LogP contribution < -0.4 is 15.4 Å². The lowest BCUT2D eigenvalue weighted by molar-refractivity contribution is -0.137. The Morgan fingerprint density at radius 2 is 1.78 bits per heavy atom. The Hall–Kier alpha value is -3.75. The van der Waals surface area contributed by atoms with Gasteiger partial charge in [0.2, 0.25) is 0 Å². The minimum Gasteiger partial charge on any atom is -0.484 e. The molecule has 3 rings (SSSR count). The van der Waals surface area contributed by atoms with Crippen LogP contribution in [0.4, 0.5) is 18.9 Å². The van der Waals surface area contributed by atoms with Crippen molar-refractivity contribution in [3.8, 4) is 5.75 Å². The maximum Gasteiger partial charge on any atom is 0.416 e. The number of nitrogens with one attached hydrogen (secondary N) is 2. The number of benzene rings is 2. The molecule has 168 valence electrons. The molecule has 0 saturated heterocycles. The molecular weight excluding hydrogens is 425 g/mol. The van der Waals surface area contributed by atoms with Crippen molar-refractivity contribution in [2.45, 2.75) is 26.1 Å². The summed E-state index contributed by atoms with van der Waals surface area (Å²) in [6, 6.07) is 13.7. The van der Waals surface area contributed by atoms with Crippen molar-refractivity contribution in [2.24, 2.45) is 0 Å². The number of rotatable bonds is 7. The third kappa shape index (κ3) is 6.13. The molecule has 2 N–H and O–H groups in total. The monoisotopic (exact) mass is 446 g/mol. The number of anilines is 1. The average Bonchev–Trinajstić information content (AvgIpc) is 3.19. The second kappa shape index (κ2) is 9.59. The Morgan fingerprint density at radius 3 is 2.41 bits per heavy atom. The highest BCUT2D eigenvalue weighted by Crippen LogP contribution is 2.30. The molecule has 0 radical (unpaired) electrons. The maximum absolute atomic E-state index is 12.8. The van der Waals surface area contributed by atoms with Crippen LogP contribution in [-0.2, 0) is 11.0 Å². The van der Waals surface area contributed by atoms with Gasteiger partial charge in [-0.2, -0.15) is 13.2 Å². The van der Waals surface area contributed by atoms with Crippen molar-refractivity contribution < 1.29 is 31.9 Å². The fourth-order valence-corrected chi connectivity index (χ4v) is 2.86. The smallest absolute Gasteiger partial charge is 0.416 e. The third-order valence-corrected chi connectivity index (χ3v) is 4.50. The molecule has 0 fully saturated rings. The van der Waals surface area contributed by atoms with Crippen LogP contribution in [0.15, 0.2) is 65.1 Å². The summed E-state index contributed by atoms with van der Waals surface area (Å²) in [7, 11) is 0. The summed E-state index contributed by atoms with van der Waals surface area (Å²) in [4.78, 5) is 24.4. The zero-order valence-corrected chi connectivity index (χ0v) is 17.3. The zero-order valence-electron chi connectivity index (χ0n) is 17.3. The molecule has 1 heterocycles. The van der Waals surface area contributed by atoms with Crippen molar-refractivity contribution in [3.05, 3.63) is 83.3 Å². The minimum atomic E-state index is -4.50. The summed E-state index contributed by atoms with van der Waals surface area (Å²) in [5.41, 5.74) is -0.455. The van der Waals surface area contributed by atoms with E-state index in [9.17, 15) is 22.8 Å². The Labute approximate surface area is 182 Å². The zero-order chi connectivity index (χ0) is 23.3. The van der Waals surface area contributed by atoms with Crippen LogP contribution in [0.3, 0.4) is 0 Å². The van der Waals surface area contributed by atoms with Crippen LogP contribution in [0.25, 0.3) is 0 Å². The predicted octanol–water partition coefficient (Wildman–Crippen LogP) is 5.12. The van der Waals surface area contributed by atoms with Gasteiger partial charge in [0.1, 0.15) is 17.3 Å². The minimum absolute atomic E-state index is 0.0151. The molecular formula is C23H21F3N2O4. The van der Waals surface area contributed by atoms with E-state index < -0.39 is 24.3 Å². The summed E-state index contributed by atoms with van der Waals surface area (Å²) < 4.78 is 49.1. The third-order valence-electron chi connectivity index (χ3n) is 4.50. The molecule has 6 nitrogen and oxygen atoms in total. The summed E-state index contributed by atoms with van der Waals surface area (Å²) in [6.45, 7) is 3.21. The highest BCUT2D eigenvalue weighted by Gasteiger charge is 2.30. The lowest BCUT2D eigenvalue weighted by atomic mass is 10.2. The summed E-state index contributed by atoms with van der Waals surface area (Å²) >= 11 is 0. The fraction of sp³-hybridized carbons (Fsp3) is 0.217. The molecule has 2 aromatic carbocycles. The predicted molar refractivity (Wildman–Crippen MR) is 111 cm³/mol. The van der Waals surface area contributed by atoms with Gasteiger partial charge >= 0.3 is 6.18 Å². The standard InChI is InChI=1S/C23H21F3N2O4/c1-14-6-11-20(32-14)15(2)27-22(30)16-7-9-19(10-8-16)31-13-21(29)28-18-5-3-4-17(12-18)23(24,25)26/h3-12,15H,13H2,1-2H3,(H,27,30)(H,28,29). The Balaban J connectivity index is 1.51. The number of carbonyl (C=O) groups is 2. The van der Waals surface area contributed by atoms with E-state index in [-0.39, 0.29) is 17.6 Å². The molecule has 3 aromatic rings. The van der Waals surface area contributed by atoms with E-state index in [0.29, 0.717) is 17.1 Å². The number of hydrogen-bond donors (Lipinski definition) is 2. The van der Waals surface area contributed by atoms with Gasteiger partial charge in [0.15, 0.2) is 6.61 Å². The van der Waals surface area contributed by atoms with Crippen molar-refractivity contribution in [2.75, 3.05) is 11.9 Å². The van der Waals surface area contributed by atoms with E-state index in [2.05, 4.69) is 10.6 Å². The van der Waals surface area contributed by atoms with E-state index in [0.717, 1.165) is 17.9 Å². The quantitative estimate of drug-likeness (QED) is 0.528. The topological polar surface area (TPSA) is 80.6 Å². The number of carbonyl (C=O) groups excluding carboxylic acids is 2. The van der Waals surface area contributed by atoms with Crippen LogP contribution in [0.2, 0.25) is 0 Å². The molecule has 1 atom stereocenters. The number of hydrogen-bond acceptors (Lipinski definition) is 4. The highest BCUT2D eigenvalue weighted by molar-refractivity contribution is 5.94. The van der Waals surface area contributed by atoms with Gasteiger partial charge < -0.3 is 19.8 Å². The fourth-order valence-electron chi connectivity index (χ4n) is 2.86. The normalized spacial score (nSPS) is 12.2. The van der Waals surface area contributed by atoms with Crippen LogP contribution in [-0.4, -0.2) is 18.4 Å². The van der Waals surface area contributed by atoms with Crippen molar-refractivity contribution in [3.63, 3.8) is 0 Å². The number of halogens is 3. The molecule has 0 saturated carbocycles. The van der Waals surface area contributed by atoms with Crippen molar-refractivity contribution >= 4 is 17.5 Å². The first-order valence-electron chi connectivity index (χ1n) is 9.69. The van der Waals surface area contributed by atoms with Crippen LogP contribution in [0.1, 0.15) is 40.4 Å². The summed E-state index contributed by atoms with van der Waals surface area (Å²) in [5, 5.41) is 5.18. The molecule has 0 aliphatic heterocycles. The Morgan fingerprint density at radius 1 is 1.06 bits per heavy atom. The summed E-state index contributed by atoms with van der Waals surface area (Å²) in [6.07, 6.45) is -4.50. The first-order valence-corrected chi connectivity index (χ1v) is 9.69. The average molecular weight is 446 g/mol. The van der Waals surface area contributed by atoms with E-state index >= 15 is 0 Å². The van der Waals surface area contributed by atoms with Crippen molar-refractivity contribution in [1.29, 1.82) is 0 Å². The van der Waals surface area contributed by atoms with Gasteiger partial charge in [-0.25, -0.2) is 0 Å². The number of alkyl halides is 3. The van der Waals surface area contributed by atoms with Gasteiger partial charge in [-0.1, -0.05) is 6.07 Å². The van der Waals surface area contributed by atoms with Gasteiger partial charge in [-0.3, -0.25) is 9.59 Å². The summed E-state index contributed by atoms with van der Waals surface area (Å²) in [5.74, 6) is 0.798. The first kappa shape index (κ1) is 22.9. The van der Waals surface area contributed by atoms with Gasteiger partial charge in [0.25, 0.3) is 11.8 Å². The van der Waals surface area contributed by atoms with E-state index in [1.54, 1.807) is 13.0 Å². The molecule has 9 heteroatoms. The Bertz CT molecular complexity index is 1090. The molecule has 0 aliphatic rings. The molecule has 2 amide bonds. The van der Waals surface area contributed by atoms with E-state index in [4.69, 9.17) is 9.15 Å². The number of aryl methyl sites for hydroxylation is 1. The number of ether oxygens (including phenoxy) is 1. The molecule has 32 heavy (non-hydrogen) atoms. The van der Waals surface area contributed by atoms with Gasteiger partial charge in [0, 0.05) is 11.3 Å². The number of furan rings is 1. The van der Waals surface area contributed by atoms with E-state index in [1.807, 2.05) is 13.0 Å². The van der Waals surface area contributed by atoms with Crippen molar-refractivity contribution in [1.82, 2.24) is 5.32 Å². The van der Waals surface area contributed by atoms with Gasteiger partial charge in [-0.15, -0.1) is 0 Å². The molecule has 0 aliphatic carbocycles. The molecule has 0 bridgehead atoms.